The van der Waals surface area contributed by atoms with E-state index < -0.39 is 5.97 Å². The van der Waals surface area contributed by atoms with Crippen LogP contribution in [0.15, 0.2) is 18.2 Å². The minimum absolute atomic E-state index is 0.00531. The molecular formula is C15H19ClN2O2. The van der Waals surface area contributed by atoms with Crippen molar-refractivity contribution in [1.82, 2.24) is 0 Å². The summed E-state index contributed by atoms with van der Waals surface area (Å²) in [6, 6.07) is 6.74. The number of benzene rings is 1. The number of nitrogens with one attached hydrogen (secondary N) is 1. The van der Waals surface area contributed by atoms with Crippen molar-refractivity contribution in [3.05, 3.63) is 28.8 Å². The molecule has 0 fully saturated rings. The lowest BCUT2D eigenvalue weighted by atomic mass is 9.87. The van der Waals surface area contributed by atoms with E-state index in [9.17, 15) is 4.79 Å². The SMILES string of the molecule is CC(C)(C)CC(CC(=O)O)Nc1cc(Cl)ccc1C#N. The Balaban J connectivity index is 2.97. The van der Waals surface area contributed by atoms with Crippen molar-refractivity contribution in [2.24, 2.45) is 5.41 Å². The summed E-state index contributed by atoms with van der Waals surface area (Å²) in [6.45, 7) is 6.14. The number of hydrogen-bond donors (Lipinski definition) is 2. The first-order chi connectivity index (χ1) is 9.21. The molecule has 0 bridgehead atoms. The Morgan fingerprint density at radius 2 is 2.15 bits per heavy atom. The predicted molar refractivity (Wildman–Crippen MR) is 79.9 cm³/mol. The Kier molecular flexibility index (Phi) is 5.41. The summed E-state index contributed by atoms with van der Waals surface area (Å²) in [4.78, 5) is 11.0. The first kappa shape index (κ1) is 16.3. The lowest BCUT2D eigenvalue weighted by Crippen LogP contribution is -2.28. The monoisotopic (exact) mass is 294 g/mol. The van der Waals surface area contributed by atoms with Gasteiger partial charge in [0.1, 0.15) is 6.07 Å². The molecule has 0 aliphatic heterocycles. The third-order valence-corrected chi connectivity index (χ3v) is 2.98. The molecule has 1 aromatic rings. The molecule has 108 valence electrons. The molecule has 5 heteroatoms. The second kappa shape index (κ2) is 6.62. The van der Waals surface area contributed by atoms with Crippen molar-refractivity contribution < 1.29 is 9.90 Å². The van der Waals surface area contributed by atoms with Crippen LogP contribution >= 0.6 is 11.6 Å². The maximum Gasteiger partial charge on any atom is 0.305 e. The van der Waals surface area contributed by atoms with Crippen molar-refractivity contribution in [3.63, 3.8) is 0 Å². The Morgan fingerprint density at radius 3 is 2.65 bits per heavy atom. The lowest BCUT2D eigenvalue weighted by Gasteiger charge is -2.27. The van der Waals surface area contributed by atoms with Gasteiger partial charge in [0.15, 0.2) is 0 Å². The largest absolute Gasteiger partial charge is 0.481 e. The van der Waals surface area contributed by atoms with Gasteiger partial charge in [-0.2, -0.15) is 5.26 Å². The van der Waals surface area contributed by atoms with Crippen LogP contribution in [0.25, 0.3) is 0 Å². The average molecular weight is 295 g/mol. The summed E-state index contributed by atoms with van der Waals surface area (Å²) >= 11 is 5.93. The summed E-state index contributed by atoms with van der Waals surface area (Å²) in [5.74, 6) is -0.868. The van der Waals surface area contributed by atoms with Crippen LogP contribution < -0.4 is 5.32 Å². The fourth-order valence-electron chi connectivity index (χ4n) is 2.08. The normalized spacial score (nSPS) is 12.6. The number of anilines is 1. The molecule has 0 saturated heterocycles. The maximum absolute atomic E-state index is 11.0. The zero-order chi connectivity index (χ0) is 15.3. The van der Waals surface area contributed by atoms with E-state index in [0.29, 0.717) is 22.7 Å². The Hall–Kier alpha value is -1.73. The highest BCUT2D eigenvalue weighted by Crippen LogP contribution is 2.27. The van der Waals surface area contributed by atoms with E-state index in [2.05, 4.69) is 11.4 Å². The van der Waals surface area contributed by atoms with Crippen LogP contribution in [0.5, 0.6) is 0 Å². The van der Waals surface area contributed by atoms with Gasteiger partial charge in [-0.15, -0.1) is 0 Å². The van der Waals surface area contributed by atoms with Gasteiger partial charge in [-0.25, -0.2) is 0 Å². The van der Waals surface area contributed by atoms with Crippen LogP contribution in [-0.4, -0.2) is 17.1 Å². The first-order valence-corrected chi connectivity index (χ1v) is 6.77. The van der Waals surface area contributed by atoms with E-state index in [1.165, 1.54) is 0 Å². The third kappa shape index (κ3) is 5.50. The van der Waals surface area contributed by atoms with Gasteiger partial charge in [-0.3, -0.25) is 4.79 Å². The van der Waals surface area contributed by atoms with Gasteiger partial charge in [0.05, 0.1) is 17.7 Å². The second-order valence-corrected chi connectivity index (χ2v) is 6.44. The third-order valence-electron chi connectivity index (χ3n) is 2.74. The van der Waals surface area contributed by atoms with Crippen LogP contribution in [0.2, 0.25) is 5.02 Å². The van der Waals surface area contributed by atoms with Crippen LogP contribution in [0.1, 0.15) is 39.2 Å². The summed E-state index contributed by atoms with van der Waals surface area (Å²) in [5.41, 5.74) is 1.02. The number of carboxylic acids is 1. The van der Waals surface area contributed by atoms with Gasteiger partial charge in [0, 0.05) is 11.1 Å². The molecule has 0 aromatic heterocycles. The molecular weight excluding hydrogens is 276 g/mol. The molecule has 1 aromatic carbocycles. The van der Waals surface area contributed by atoms with Crippen molar-refractivity contribution in [1.29, 1.82) is 5.26 Å². The smallest absolute Gasteiger partial charge is 0.305 e. The topological polar surface area (TPSA) is 73.1 Å². The highest BCUT2D eigenvalue weighted by molar-refractivity contribution is 6.30. The van der Waals surface area contributed by atoms with Gasteiger partial charge < -0.3 is 10.4 Å². The molecule has 0 saturated carbocycles. The number of hydrogen-bond acceptors (Lipinski definition) is 3. The fraction of sp³-hybridized carbons (Fsp3) is 0.467. The highest BCUT2D eigenvalue weighted by atomic mass is 35.5. The zero-order valence-electron chi connectivity index (χ0n) is 11.9. The standard InChI is InChI=1S/C15H19ClN2O2/c1-15(2,3)8-12(7-14(19)20)18-13-6-11(16)5-4-10(13)9-17/h4-6,12,18H,7-8H2,1-3H3,(H,19,20). The van der Waals surface area contributed by atoms with Gasteiger partial charge in [0.2, 0.25) is 0 Å². The molecule has 1 atom stereocenters. The molecule has 0 amide bonds. The van der Waals surface area contributed by atoms with Crippen molar-refractivity contribution >= 4 is 23.3 Å². The van der Waals surface area contributed by atoms with Crippen molar-refractivity contribution in [3.8, 4) is 6.07 Å². The first-order valence-electron chi connectivity index (χ1n) is 6.39. The molecule has 0 spiro atoms. The fourth-order valence-corrected chi connectivity index (χ4v) is 2.25. The van der Waals surface area contributed by atoms with Gasteiger partial charge >= 0.3 is 5.97 Å². The number of rotatable bonds is 5. The number of nitriles is 1. The van der Waals surface area contributed by atoms with E-state index >= 15 is 0 Å². The number of halogens is 1. The highest BCUT2D eigenvalue weighted by Gasteiger charge is 2.22. The van der Waals surface area contributed by atoms with Gasteiger partial charge in [-0.05, 0) is 30.0 Å². The molecule has 4 nitrogen and oxygen atoms in total. The van der Waals surface area contributed by atoms with E-state index in [0.717, 1.165) is 0 Å². The number of carboxylic acid groups (broad SMARTS) is 1. The molecule has 2 N–H and O–H groups in total. The minimum Gasteiger partial charge on any atom is -0.481 e. The quantitative estimate of drug-likeness (QED) is 0.863. The summed E-state index contributed by atoms with van der Waals surface area (Å²) in [5, 5.41) is 21.7. The van der Waals surface area contributed by atoms with Gasteiger partial charge in [0.25, 0.3) is 0 Å². The maximum atomic E-state index is 11.0. The summed E-state index contributed by atoms with van der Waals surface area (Å²) in [7, 11) is 0. The minimum atomic E-state index is -0.868. The molecule has 0 radical (unpaired) electrons. The average Bonchev–Trinajstić information content (AvgIpc) is 2.25. The van der Waals surface area contributed by atoms with Crippen molar-refractivity contribution in [2.75, 3.05) is 5.32 Å². The Morgan fingerprint density at radius 1 is 1.50 bits per heavy atom. The zero-order valence-corrected chi connectivity index (χ0v) is 12.7. The Bertz CT molecular complexity index is 530. The molecule has 0 heterocycles. The van der Waals surface area contributed by atoms with Crippen LogP contribution in [0, 0.1) is 16.7 Å². The summed E-state index contributed by atoms with van der Waals surface area (Å²) in [6.07, 6.45) is 0.672. The van der Waals surface area contributed by atoms with Crippen molar-refractivity contribution in [2.45, 2.75) is 39.7 Å². The molecule has 1 rings (SSSR count). The lowest BCUT2D eigenvalue weighted by molar-refractivity contribution is -0.137. The van der Waals surface area contributed by atoms with Crippen LogP contribution in [0.3, 0.4) is 0 Å². The van der Waals surface area contributed by atoms with E-state index in [1.807, 2.05) is 20.8 Å². The number of carbonyl (C=O) groups is 1. The van der Waals surface area contributed by atoms with E-state index in [4.69, 9.17) is 22.0 Å². The Labute approximate surface area is 124 Å². The molecule has 0 aliphatic rings. The second-order valence-electron chi connectivity index (χ2n) is 6.01. The van der Waals surface area contributed by atoms with E-state index in [-0.39, 0.29) is 17.9 Å². The predicted octanol–water partition coefficient (Wildman–Crippen LogP) is 3.90. The molecule has 20 heavy (non-hydrogen) atoms. The van der Waals surface area contributed by atoms with E-state index in [1.54, 1.807) is 18.2 Å². The van der Waals surface area contributed by atoms with Crippen LogP contribution in [-0.2, 0) is 4.79 Å². The molecule has 1 unspecified atom stereocenters. The van der Waals surface area contributed by atoms with Gasteiger partial charge in [-0.1, -0.05) is 32.4 Å². The number of aliphatic carboxylic acids is 1. The van der Waals surface area contributed by atoms with Crippen LogP contribution in [0.4, 0.5) is 5.69 Å². The summed E-state index contributed by atoms with van der Waals surface area (Å²) < 4.78 is 0. The molecule has 0 aliphatic carbocycles. The number of nitrogens with zero attached hydrogens (tertiary/aromatic N) is 1.